The molecule has 0 saturated heterocycles. The molecule has 0 saturated carbocycles. The molecule has 1 aromatic rings. The van der Waals surface area contributed by atoms with Crippen LogP contribution in [0.2, 0.25) is 0 Å². The molecular weight excluding hydrogens is 208 g/mol. The Labute approximate surface area is 94.0 Å². The first-order valence-corrected chi connectivity index (χ1v) is 6.06. The van der Waals surface area contributed by atoms with E-state index in [0.717, 1.165) is 5.75 Å². The highest BCUT2D eigenvalue weighted by Crippen LogP contribution is 2.37. The van der Waals surface area contributed by atoms with Crippen LogP contribution < -0.4 is 0 Å². The van der Waals surface area contributed by atoms with Crippen LogP contribution in [-0.4, -0.2) is 18.8 Å². The van der Waals surface area contributed by atoms with E-state index in [1.807, 2.05) is 23.9 Å². The molecule has 15 heavy (non-hydrogen) atoms. The SMILES string of the molecule is COC(=O)c1ccc2c(c1)SCC[C@@H]2C. The van der Waals surface area contributed by atoms with Crippen molar-refractivity contribution in [3.8, 4) is 0 Å². The van der Waals surface area contributed by atoms with E-state index in [0.29, 0.717) is 11.5 Å². The van der Waals surface area contributed by atoms with E-state index in [1.165, 1.54) is 24.0 Å². The summed E-state index contributed by atoms with van der Waals surface area (Å²) in [5.74, 6) is 1.49. The van der Waals surface area contributed by atoms with E-state index in [4.69, 9.17) is 4.74 Å². The van der Waals surface area contributed by atoms with Gasteiger partial charge in [-0.1, -0.05) is 13.0 Å². The lowest BCUT2D eigenvalue weighted by Gasteiger charge is -2.21. The molecular formula is C12H14O2S. The third-order valence-corrected chi connectivity index (χ3v) is 3.88. The molecule has 1 heterocycles. The number of hydrogen-bond donors (Lipinski definition) is 0. The second-order valence-electron chi connectivity index (χ2n) is 3.78. The third-order valence-electron chi connectivity index (χ3n) is 2.77. The van der Waals surface area contributed by atoms with Crippen LogP contribution in [0.25, 0.3) is 0 Å². The number of thioether (sulfide) groups is 1. The number of ether oxygens (including phenoxy) is 1. The highest BCUT2D eigenvalue weighted by atomic mass is 32.2. The van der Waals surface area contributed by atoms with Gasteiger partial charge in [-0.05, 0) is 35.8 Å². The standard InChI is InChI=1S/C12H14O2S/c1-8-5-6-15-11-7-9(12(13)14-2)3-4-10(8)11/h3-4,7-8H,5-6H2,1-2H3/t8-/m0/s1. The molecule has 1 atom stereocenters. The van der Waals surface area contributed by atoms with Crippen LogP contribution in [0.3, 0.4) is 0 Å². The summed E-state index contributed by atoms with van der Waals surface area (Å²) in [4.78, 5) is 12.6. The minimum atomic E-state index is -0.253. The van der Waals surface area contributed by atoms with Gasteiger partial charge in [-0.2, -0.15) is 0 Å². The van der Waals surface area contributed by atoms with Gasteiger partial charge in [0.15, 0.2) is 0 Å². The first-order valence-electron chi connectivity index (χ1n) is 5.07. The molecule has 2 rings (SSSR count). The summed E-state index contributed by atoms with van der Waals surface area (Å²) >= 11 is 1.83. The minimum absolute atomic E-state index is 0.253. The molecule has 1 aromatic carbocycles. The lowest BCUT2D eigenvalue weighted by Crippen LogP contribution is -2.07. The molecule has 0 bridgehead atoms. The van der Waals surface area contributed by atoms with Crippen molar-refractivity contribution in [3.63, 3.8) is 0 Å². The van der Waals surface area contributed by atoms with Gasteiger partial charge >= 0.3 is 5.97 Å². The fraction of sp³-hybridized carbons (Fsp3) is 0.417. The normalized spacial score (nSPS) is 19.5. The average molecular weight is 222 g/mol. The molecule has 0 amide bonds. The van der Waals surface area contributed by atoms with Crippen molar-refractivity contribution >= 4 is 17.7 Å². The van der Waals surface area contributed by atoms with Crippen LogP contribution in [0.1, 0.15) is 35.2 Å². The van der Waals surface area contributed by atoms with Gasteiger partial charge in [0, 0.05) is 4.90 Å². The van der Waals surface area contributed by atoms with Gasteiger partial charge in [-0.25, -0.2) is 4.79 Å². The van der Waals surface area contributed by atoms with Gasteiger partial charge in [0.25, 0.3) is 0 Å². The van der Waals surface area contributed by atoms with Gasteiger partial charge in [-0.15, -0.1) is 11.8 Å². The zero-order valence-corrected chi connectivity index (χ0v) is 9.76. The second kappa shape index (κ2) is 4.27. The van der Waals surface area contributed by atoms with Gasteiger partial charge in [0.1, 0.15) is 0 Å². The first kappa shape index (κ1) is 10.6. The fourth-order valence-electron chi connectivity index (χ4n) is 1.81. The highest BCUT2D eigenvalue weighted by molar-refractivity contribution is 7.99. The topological polar surface area (TPSA) is 26.3 Å². The van der Waals surface area contributed by atoms with Gasteiger partial charge < -0.3 is 4.74 Å². The van der Waals surface area contributed by atoms with E-state index >= 15 is 0 Å². The smallest absolute Gasteiger partial charge is 0.337 e. The zero-order chi connectivity index (χ0) is 10.8. The maximum atomic E-state index is 11.3. The highest BCUT2D eigenvalue weighted by Gasteiger charge is 2.18. The minimum Gasteiger partial charge on any atom is -0.465 e. The van der Waals surface area contributed by atoms with E-state index < -0.39 is 0 Å². The number of esters is 1. The summed E-state index contributed by atoms with van der Waals surface area (Å²) in [6, 6.07) is 5.85. The van der Waals surface area contributed by atoms with E-state index in [2.05, 4.69) is 13.0 Å². The van der Waals surface area contributed by atoms with Crippen LogP contribution in [0.5, 0.6) is 0 Å². The molecule has 0 fully saturated rings. The quantitative estimate of drug-likeness (QED) is 0.683. The zero-order valence-electron chi connectivity index (χ0n) is 8.95. The van der Waals surface area contributed by atoms with Crippen molar-refractivity contribution in [2.45, 2.75) is 24.2 Å². The number of hydrogen-bond acceptors (Lipinski definition) is 3. The van der Waals surface area contributed by atoms with Crippen LogP contribution in [0.4, 0.5) is 0 Å². The number of carbonyl (C=O) groups is 1. The van der Waals surface area contributed by atoms with Crippen molar-refractivity contribution < 1.29 is 9.53 Å². The number of carbonyl (C=O) groups excluding carboxylic acids is 1. The summed E-state index contributed by atoms with van der Waals surface area (Å²) in [7, 11) is 1.41. The molecule has 80 valence electrons. The lowest BCUT2D eigenvalue weighted by atomic mass is 9.97. The predicted octanol–water partition coefficient (Wildman–Crippen LogP) is 3.07. The third kappa shape index (κ3) is 2.02. The summed E-state index contributed by atoms with van der Waals surface area (Å²) in [5.41, 5.74) is 2.01. The summed E-state index contributed by atoms with van der Waals surface area (Å²) in [6.07, 6.45) is 1.22. The van der Waals surface area contributed by atoms with Crippen molar-refractivity contribution in [2.24, 2.45) is 0 Å². The Morgan fingerprint density at radius 2 is 2.33 bits per heavy atom. The number of benzene rings is 1. The van der Waals surface area contributed by atoms with Crippen molar-refractivity contribution in [3.05, 3.63) is 29.3 Å². The largest absolute Gasteiger partial charge is 0.465 e. The average Bonchev–Trinajstić information content (AvgIpc) is 2.28. The van der Waals surface area contributed by atoms with E-state index in [-0.39, 0.29) is 5.97 Å². The number of rotatable bonds is 1. The molecule has 1 aliphatic rings. The summed E-state index contributed by atoms with van der Waals surface area (Å²) in [5, 5.41) is 0. The molecule has 3 heteroatoms. The fourth-order valence-corrected chi connectivity index (χ4v) is 3.15. The van der Waals surface area contributed by atoms with Crippen LogP contribution >= 0.6 is 11.8 Å². The molecule has 2 nitrogen and oxygen atoms in total. The number of fused-ring (bicyclic) bond motifs is 1. The molecule has 0 unspecified atom stereocenters. The van der Waals surface area contributed by atoms with Crippen LogP contribution in [0.15, 0.2) is 23.1 Å². The second-order valence-corrected chi connectivity index (χ2v) is 4.92. The molecule has 0 N–H and O–H groups in total. The molecule has 0 aliphatic carbocycles. The Kier molecular flexibility index (Phi) is 3.00. The summed E-state index contributed by atoms with van der Waals surface area (Å²) in [6.45, 7) is 2.23. The van der Waals surface area contributed by atoms with Gasteiger partial charge in [0.2, 0.25) is 0 Å². The van der Waals surface area contributed by atoms with Crippen molar-refractivity contribution in [2.75, 3.05) is 12.9 Å². The Hall–Kier alpha value is -0.960. The van der Waals surface area contributed by atoms with E-state index in [1.54, 1.807) is 0 Å². The Morgan fingerprint density at radius 1 is 1.53 bits per heavy atom. The van der Waals surface area contributed by atoms with Crippen molar-refractivity contribution in [1.29, 1.82) is 0 Å². The Bertz CT molecular complexity index is 387. The molecule has 1 aliphatic heterocycles. The lowest BCUT2D eigenvalue weighted by molar-refractivity contribution is 0.0600. The predicted molar refractivity (Wildman–Crippen MR) is 61.5 cm³/mol. The molecule has 0 aromatic heterocycles. The summed E-state index contributed by atoms with van der Waals surface area (Å²) < 4.78 is 4.71. The Balaban J connectivity index is 2.37. The number of methoxy groups -OCH3 is 1. The first-order chi connectivity index (χ1) is 7.22. The Morgan fingerprint density at radius 3 is 3.07 bits per heavy atom. The molecule has 0 radical (unpaired) electrons. The van der Waals surface area contributed by atoms with Crippen LogP contribution in [-0.2, 0) is 4.74 Å². The van der Waals surface area contributed by atoms with E-state index in [9.17, 15) is 4.79 Å². The molecule has 0 spiro atoms. The maximum Gasteiger partial charge on any atom is 0.337 e. The van der Waals surface area contributed by atoms with Gasteiger partial charge in [-0.3, -0.25) is 0 Å². The van der Waals surface area contributed by atoms with Crippen LogP contribution in [0, 0.1) is 0 Å². The van der Waals surface area contributed by atoms with Gasteiger partial charge in [0.05, 0.1) is 12.7 Å². The van der Waals surface area contributed by atoms with Crippen molar-refractivity contribution in [1.82, 2.24) is 0 Å². The maximum absolute atomic E-state index is 11.3. The monoisotopic (exact) mass is 222 g/mol.